The highest BCUT2D eigenvalue weighted by molar-refractivity contribution is 6.32. The molecule has 0 saturated carbocycles. The molecule has 0 aromatic heterocycles. The molecule has 0 spiro atoms. The highest BCUT2D eigenvalue weighted by Crippen LogP contribution is 2.34. The van der Waals surface area contributed by atoms with Crippen LogP contribution < -0.4 is 14.8 Å². The molecule has 0 aliphatic rings. The van der Waals surface area contributed by atoms with Gasteiger partial charge in [-0.2, -0.15) is 0 Å². The molecular weight excluding hydrogens is 448 g/mol. The number of rotatable bonds is 9. The lowest BCUT2D eigenvalue weighted by Crippen LogP contribution is -2.17. The second kappa shape index (κ2) is 10.9. The SMILES string of the molecule is COc1cc(CNCCc2ccc(Cl)cc2)c(Cl)cc1OCc1ccc(F)cc1Cl. The quantitative estimate of drug-likeness (QED) is 0.354. The van der Waals surface area contributed by atoms with Crippen molar-refractivity contribution in [1.29, 1.82) is 0 Å². The molecule has 0 radical (unpaired) electrons. The second-order valence-electron chi connectivity index (χ2n) is 6.67. The third-order valence-corrected chi connectivity index (χ3v) is 5.51. The van der Waals surface area contributed by atoms with E-state index in [4.69, 9.17) is 44.3 Å². The second-order valence-corrected chi connectivity index (χ2v) is 7.92. The largest absolute Gasteiger partial charge is 0.493 e. The van der Waals surface area contributed by atoms with Gasteiger partial charge in [0, 0.05) is 28.2 Å². The molecule has 3 nitrogen and oxygen atoms in total. The summed E-state index contributed by atoms with van der Waals surface area (Å²) in [5.41, 5.74) is 2.78. The Labute approximate surface area is 190 Å². The molecule has 1 N–H and O–H groups in total. The summed E-state index contributed by atoms with van der Waals surface area (Å²) in [6.07, 6.45) is 0.881. The van der Waals surface area contributed by atoms with Crippen LogP contribution in [0.4, 0.5) is 4.39 Å². The van der Waals surface area contributed by atoms with E-state index in [9.17, 15) is 4.39 Å². The van der Waals surface area contributed by atoms with E-state index >= 15 is 0 Å². The molecule has 0 aliphatic carbocycles. The predicted molar refractivity (Wildman–Crippen MR) is 121 cm³/mol. The fourth-order valence-electron chi connectivity index (χ4n) is 2.89. The molecule has 0 aliphatic heterocycles. The van der Waals surface area contributed by atoms with Crippen molar-refractivity contribution in [1.82, 2.24) is 5.32 Å². The van der Waals surface area contributed by atoms with Crippen LogP contribution in [0.1, 0.15) is 16.7 Å². The minimum atomic E-state index is -0.391. The van der Waals surface area contributed by atoms with Crippen LogP contribution in [0.2, 0.25) is 15.1 Å². The first-order valence-corrected chi connectivity index (χ1v) is 10.5. The molecule has 0 unspecified atom stereocenters. The number of hydrogen-bond acceptors (Lipinski definition) is 3. The standard InChI is InChI=1S/C23H21Cl3FNO2/c1-29-22-10-17(13-28-9-8-15-2-5-18(24)6-3-15)21(26)12-23(22)30-14-16-4-7-19(27)11-20(16)25/h2-7,10-12,28H,8-9,13-14H2,1H3. The molecular formula is C23H21Cl3FNO2. The Balaban J connectivity index is 1.59. The third kappa shape index (κ3) is 6.26. The molecule has 30 heavy (non-hydrogen) atoms. The van der Waals surface area contributed by atoms with Gasteiger partial charge in [0.05, 0.1) is 12.1 Å². The summed E-state index contributed by atoms with van der Waals surface area (Å²) >= 11 is 18.4. The van der Waals surface area contributed by atoms with Gasteiger partial charge >= 0.3 is 0 Å². The Morgan fingerprint density at radius 2 is 1.60 bits per heavy atom. The van der Waals surface area contributed by atoms with Gasteiger partial charge in [0.2, 0.25) is 0 Å². The van der Waals surface area contributed by atoms with Crippen LogP contribution in [-0.2, 0) is 19.6 Å². The van der Waals surface area contributed by atoms with Gasteiger partial charge in [0.25, 0.3) is 0 Å². The van der Waals surface area contributed by atoms with Gasteiger partial charge < -0.3 is 14.8 Å². The fraction of sp³-hybridized carbons (Fsp3) is 0.217. The average Bonchev–Trinajstić information content (AvgIpc) is 2.73. The van der Waals surface area contributed by atoms with E-state index in [0.29, 0.717) is 33.7 Å². The number of halogens is 4. The molecule has 0 bridgehead atoms. The van der Waals surface area contributed by atoms with E-state index in [1.54, 1.807) is 19.2 Å². The zero-order valence-electron chi connectivity index (χ0n) is 16.4. The molecule has 158 valence electrons. The van der Waals surface area contributed by atoms with Gasteiger partial charge in [-0.25, -0.2) is 4.39 Å². The topological polar surface area (TPSA) is 30.5 Å². The van der Waals surface area contributed by atoms with Crippen LogP contribution in [0, 0.1) is 5.82 Å². The molecule has 7 heteroatoms. The predicted octanol–water partition coefficient (Wildman–Crippen LogP) is 6.71. The molecule has 0 saturated heterocycles. The number of hydrogen-bond donors (Lipinski definition) is 1. The van der Waals surface area contributed by atoms with Crippen molar-refractivity contribution in [3.05, 3.63) is 92.2 Å². The monoisotopic (exact) mass is 467 g/mol. The van der Waals surface area contributed by atoms with Crippen molar-refractivity contribution in [2.24, 2.45) is 0 Å². The smallest absolute Gasteiger partial charge is 0.163 e. The Morgan fingerprint density at radius 3 is 2.30 bits per heavy atom. The minimum Gasteiger partial charge on any atom is -0.493 e. The Morgan fingerprint density at radius 1 is 0.867 bits per heavy atom. The maximum atomic E-state index is 13.2. The van der Waals surface area contributed by atoms with Crippen molar-refractivity contribution >= 4 is 34.8 Å². The van der Waals surface area contributed by atoms with E-state index in [1.165, 1.54) is 17.7 Å². The van der Waals surface area contributed by atoms with E-state index < -0.39 is 5.82 Å². The van der Waals surface area contributed by atoms with Crippen LogP contribution in [-0.4, -0.2) is 13.7 Å². The van der Waals surface area contributed by atoms with Gasteiger partial charge in [-0.1, -0.05) is 53.0 Å². The van der Waals surface area contributed by atoms with E-state index in [2.05, 4.69) is 5.32 Å². The zero-order valence-corrected chi connectivity index (χ0v) is 18.6. The van der Waals surface area contributed by atoms with Crippen LogP contribution in [0.15, 0.2) is 54.6 Å². The molecule has 0 fully saturated rings. The van der Waals surface area contributed by atoms with Crippen molar-refractivity contribution < 1.29 is 13.9 Å². The highest BCUT2D eigenvalue weighted by atomic mass is 35.5. The first kappa shape index (κ1) is 22.7. The zero-order chi connectivity index (χ0) is 21.5. The average molecular weight is 469 g/mol. The maximum absolute atomic E-state index is 13.2. The lowest BCUT2D eigenvalue weighted by atomic mass is 10.1. The summed E-state index contributed by atoms with van der Waals surface area (Å²) in [6.45, 7) is 1.55. The van der Waals surface area contributed by atoms with Crippen molar-refractivity contribution in [3.8, 4) is 11.5 Å². The molecule has 3 rings (SSSR count). The summed E-state index contributed by atoms with van der Waals surface area (Å²) in [6, 6.07) is 15.5. The van der Waals surface area contributed by atoms with Crippen LogP contribution in [0.25, 0.3) is 0 Å². The Bertz CT molecular complexity index is 996. The molecule has 3 aromatic rings. The summed E-state index contributed by atoms with van der Waals surface area (Å²) < 4.78 is 24.5. The molecule has 0 amide bonds. The van der Waals surface area contributed by atoms with E-state index in [-0.39, 0.29) is 6.61 Å². The Kier molecular flexibility index (Phi) is 8.23. The summed E-state index contributed by atoms with van der Waals surface area (Å²) in [4.78, 5) is 0. The first-order valence-electron chi connectivity index (χ1n) is 9.34. The molecule has 0 heterocycles. The summed E-state index contributed by atoms with van der Waals surface area (Å²) in [7, 11) is 1.57. The van der Waals surface area contributed by atoms with Gasteiger partial charge in [-0.15, -0.1) is 0 Å². The lowest BCUT2D eigenvalue weighted by molar-refractivity contribution is 0.284. The number of benzene rings is 3. The van der Waals surface area contributed by atoms with E-state index in [0.717, 1.165) is 23.6 Å². The normalized spacial score (nSPS) is 10.8. The van der Waals surface area contributed by atoms with Gasteiger partial charge in [0.1, 0.15) is 12.4 Å². The maximum Gasteiger partial charge on any atom is 0.163 e. The van der Waals surface area contributed by atoms with Crippen molar-refractivity contribution in [3.63, 3.8) is 0 Å². The third-order valence-electron chi connectivity index (χ3n) is 4.55. The van der Waals surface area contributed by atoms with E-state index in [1.807, 2.05) is 30.3 Å². The van der Waals surface area contributed by atoms with Crippen molar-refractivity contribution in [2.75, 3.05) is 13.7 Å². The van der Waals surface area contributed by atoms with Crippen LogP contribution >= 0.6 is 34.8 Å². The number of nitrogens with one attached hydrogen (secondary N) is 1. The minimum absolute atomic E-state index is 0.171. The molecule has 3 aromatic carbocycles. The lowest BCUT2D eigenvalue weighted by Gasteiger charge is -2.15. The Hall–Kier alpha value is -1.98. The van der Waals surface area contributed by atoms with Gasteiger partial charge in [-0.3, -0.25) is 0 Å². The molecule has 0 atom stereocenters. The fourth-order valence-corrected chi connectivity index (χ4v) is 3.45. The van der Waals surface area contributed by atoms with Crippen LogP contribution in [0.3, 0.4) is 0 Å². The van der Waals surface area contributed by atoms with Crippen molar-refractivity contribution in [2.45, 2.75) is 19.6 Å². The highest BCUT2D eigenvalue weighted by Gasteiger charge is 2.12. The first-order chi connectivity index (χ1) is 14.5. The number of methoxy groups -OCH3 is 1. The van der Waals surface area contributed by atoms with Gasteiger partial charge in [0.15, 0.2) is 11.5 Å². The summed E-state index contributed by atoms with van der Waals surface area (Å²) in [5.74, 6) is 0.664. The van der Waals surface area contributed by atoms with Crippen LogP contribution in [0.5, 0.6) is 11.5 Å². The number of ether oxygens (including phenoxy) is 2. The van der Waals surface area contributed by atoms with Gasteiger partial charge in [-0.05, 0) is 54.4 Å². The summed E-state index contributed by atoms with van der Waals surface area (Å²) in [5, 5.41) is 4.98.